The molecule has 0 fully saturated rings. The second kappa shape index (κ2) is 5.09. The van der Waals surface area contributed by atoms with Gasteiger partial charge in [0.25, 0.3) is 0 Å². The molecule has 0 spiro atoms. The summed E-state index contributed by atoms with van der Waals surface area (Å²) in [6, 6.07) is 13.4. The Labute approximate surface area is 116 Å². The first kappa shape index (κ1) is 12.3. The Morgan fingerprint density at radius 3 is 2.55 bits per heavy atom. The van der Waals surface area contributed by atoms with Crippen molar-refractivity contribution in [3.63, 3.8) is 0 Å². The SMILES string of the molecule is Cc1cnc(C(=O)Oc2ccc3ccccc3c2)cn1. The zero-order valence-corrected chi connectivity index (χ0v) is 10.9. The first-order valence-electron chi connectivity index (χ1n) is 6.22. The van der Waals surface area contributed by atoms with Gasteiger partial charge in [0.2, 0.25) is 0 Å². The summed E-state index contributed by atoms with van der Waals surface area (Å²) in [5.41, 5.74) is 0.955. The molecule has 0 atom stereocenters. The van der Waals surface area contributed by atoms with E-state index in [9.17, 15) is 4.79 Å². The molecule has 3 rings (SSSR count). The molecular weight excluding hydrogens is 252 g/mol. The Hall–Kier alpha value is -2.75. The molecule has 4 heteroatoms. The van der Waals surface area contributed by atoms with Gasteiger partial charge in [-0.25, -0.2) is 9.78 Å². The number of rotatable bonds is 2. The van der Waals surface area contributed by atoms with Gasteiger partial charge in [-0.05, 0) is 29.8 Å². The third-order valence-corrected chi connectivity index (χ3v) is 2.92. The number of hydrogen-bond acceptors (Lipinski definition) is 4. The Kier molecular flexibility index (Phi) is 3.13. The maximum atomic E-state index is 11.9. The Morgan fingerprint density at radius 2 is 1.80 bits per heavy atom. The number of aryl methyl sites for hydroxylation is 1. The molecule has 20 heavy (non-hydrogen) atoms. The van der Waals surface area contributed by atoms with Crippen molar-refractivity contribution in [1.82, 2.24) is 9.97 Å². The Morgan fingerprint density at radius 1 is 1.00 bits per heavy atom. The van der Waals surface area contributed by atoms with E-state index in [4.69, 9.17) is 4.74 Å². The third-order valence-electron chi connectivity index (χ3n) is 2.92. The van der Waals surface area contributed by atoms with Crippen molar-refractivity contribution in [2.45, 2.75) is 6.92 Å². The van der Waals surface area contributed by atoms with E-state index in [1.165, 1.54) is 12.4 Å². The van der Waals surface area contributed by atoms with Crippen LogP contribution in [0, 0.1) is 6.92 Å². The summed E-state index contributed by atoms with van der Waals surface area (Å²) in [5.74, 6) is -0.0103. The number of hydrogen-bond donors (Lipinski definition) is 0. The van der Waals surface area contributed by atoms with Crippen LogP contribution < -0.4 is 4.74 Å². The van der Waals surface area contributed by atoms with E-state index in [2.05, 4.69) is 9.97 Å². The molecular formula is C16H12N2O2. The maximum absolute atomic E-state index is 11.9. The van der Waals surface area contributed by atoms with E-state index < -0.39 is 5.97 Å². The van der Waals surface area contributed by atoms with E-state index in [-0.39, 0.29) is 5.69 Å². The summed E-state index contributed by atoms with van der Waals surface area (Å²) < 4.78 is 5.31. The summed E-state index contributed by atoms with van der Waals surface area (Å²) in [7, 11) is 0. The van der Waals surface area contributed by atoms with Gasteiger partial charge in [0, 0.05) is 6.20 Å². The standard InChI is InChI=1S/C16H12N2O2/c1-11-9-18-15(10-17-11)16(19)20-14-7-6-12-4-2-3-5-13(12)8-14/h2-10H,1H3. The molecule has 0 unspecified atom stereocenters. The highest BCUT2D eigenvalue weighted by molar-refractivity contribution is 5.90. The molecule has 0 saturated carbocycles. The monoisotopic (exact) mass is 264 g/mol. The molecule has 3 aromatic rings. The van der Waals surface area contributed by atoms with Crippen LogP contribution in [0.25, 0.3) is 10.8 Å². The molecule has 0 aliphatic carbocycles. The topological polar surface area (TPSA) is 52.1 Å². The van der Waals surface area contributed by atoms with Crippen LogP contribution in [-0.4, -0.2) is 15.9 Å². The minimum absolute atomic E-state index is 0.198. The number of benzene rings is 2. The fourth-order valence-electron chi connectivity index (χ4n) is 1.89. The number of ether oxygens (including phenoxy) is 1. The lowest BCUT2D eigenvalue weighted by Gasteiger charge is -2.05. The average Bonchev–Trinajstić information content (AvgIpc) is 2.48. The summed E-state index contributed by atoms with van der Waals surface area (Å²) in [6.45, 7) is 1.81. The number of carbonyl (C=O) groups excluding carboxylic acids is 1. The van der Waals surface area contributed by atoms with Crippen LogP contribution in [0.4, 0.5) is 0 Å². The van der Waals surface area contributed by atoms with Crippen molar-refractivity contribution in [2.24, 2.45) is 0 Å². The minimum Gasteiger partial charge on any atom is -0.422 e. The normalized spacial score (nSPS) is 10.4. The van der Waals surface area contributed by atoms with Gasteiger partial charge in [-0.1, -0.05) is 30.3 Å². The highest BCUT2D eigenvalue weighted by Crippen LogP contribution is 2.21. The maximum Gasteiger partial charge on any atom is 0.363 e. The van der Waals surface area contributed by atoms with Gasteiger partial charge < -0.3 is 4.74 Å². The Balaban J connectivity index is 1.85. The second-order valence-corrected chi connectivity index (χ2v) is 4.44. The minimum atomic E-state index is -0.507. The molecule has 0 N–H and O–H groups in total. The first-order chi connectivity index (χ1) is 9.72. The first-order valence-corrected chi connectivity index (χ1v) is 6.22. The van der Waals surface area contributed by atoms with Gasteiger partial charge in [0.15, 0.2) is 5.69 Å². The highest BCUT2D eigenvalue weighted by atomic mass is 16.5. The molecule has 2 aromatic carbocycles. The predicted octanol–water partition coefficient (Wildman–Crippen LogP) is 3.16. The van der Waals surface area contributed by atoms with Crippen molar-refractivity contribution in [3.05, 3.63) is 66.2 Å². The molecule has 0 aliphatic heterocycles. The van der Waals surface area contributed by atoms with Crippen LogP contribution in [0.5, 0.6) is 5.75 Å². The number of carbonyl (C=O) groups is 1. The molecule has 4 nitrogen and oxygen atoms in total. The quantitative estimate of drug-likeness (QED) is 0.527. The molecule has 98 valence electrons. The molecule has 0 amide bonds. The molecule has 0 radical (unpaired) electrons. The summed E-state index contributed by atoms with van der Waals surface area (Å²) in [4.78, 5) is 20.0. The lowest BCUT2D eigenvalue weighted by Crippen LogP contribution is -2.11. The van der Waals surface area contributed by atoms with Gasteiger partial charge >= 0.3 is 5.97 Å². The fourth-order valence-corrected chi connectivity index (χ4v) is 1.89. The van der Waals surface area contributed by atoms with Crippen molar-refractivity contribution in [1.29, 1.82) is 0 Å². The van der Waals surface area contributed by atoms with Gasteiger partial charge in [0.1, 0.15) is 5.75 Å². The largest absolute Gasteiger partial charge is 0.422 e. The summed E-state index contributed by atoms with van der Waals surface area (Å²) in [6.07, 6.45) is 2.95. The molecule has 0 bridgehead atoms. The molecule has 1 heterocycles. The number of esters is 1. The predicted molar refractivity (Wildman–Crippen MR) is 75.7 cm³/mol. The van der Waals surface area contributed by atoms with E-state index >= 15 is 0 Å². The highest BCUT2D eigenvalue weighted by Gasteiger charge is 2.10. The van der Waals surface area contributed by atoms with Gasteiger partial charge in [0.05, 0.1) is 11.9 Å². The summed E-state index contributed by atoms with van der Waals surface area (Å²) in [5, 5.41) is 2.12. The number of nitrogens with zero attached hydrogens (tertiary/aromatic N) is 2. The van der Waals surface area contributed by atoms with E-state index in [0.29, 0.717) is 5.75 Å². The molecule has 0 aliphatic rings. The van der Waals surface area contributed by atoms with Crippen LogP contribution in [0.3, 0.4) is 0 Å². The van der Waals surface area contributed by atoms with Crippen LogP contribution in [0.1, 0.15) is 16.2 Å². The summed E-state index contributed by atoms with van der Waals surface area (Å²) >= 11 is 0. The molecule has 1 aromatic heterocycles. The molecule has 0 saturated heterocycles. The lowest BCUT2D eigenvalue weighted by atomic mass is 10.1. The van der Waals surface area contributed by atoms with Crippen LogP contribution in [0.2, 0.25) is 0 Å². The zero-order valence-electron chi connectivity index (χ0n) is 10.9. The van der Waals surface area contributed by atoms with Crippen LogP contribution in [0.15, 0.2) is 54.9 Å². The zero-order chi connectivity index (χ0) is 13.9. The van der Waals surface area contributed by atoms with Gasteiger partial charge in [-0.3, -0.25) is 4.98 Å². The number of aromatic nitrogens is 2. The van der Waals surface area contributed by atoms with Gasteiger partial charge in [-0.2, -0.15) is 0 Å². The Bertz CT molecular complexity index is 767. The van der Waals surface area contributed by atoms with Crippen LogP contribution >= 0.6 is 0 Å². The average molecular weight is 264 g/mol. The smallest absolute Gasteiger partial charge is 0.363 e. The third kappa shape index (κ3) is 2.49. The fraction of sp³-hybridized carbons (Fsp3) is 0.0625. The van der Waals surface area contributed by atoms with E-state index in [1.54, 1.807) is 6.07 Å². The van der Waals surface area contributed by atoms with Crippen LogP contribution in [-0.2, 0) is 0 Å². The van der Waals surface area contributed by atoms with Crippen molar-refractivity contribution < 1.29 is 9.53 Å². The van der Waals surface area contributed by atoms with Gasteiger partial charge in [-0.15, -0.1) is 0 Å². The van der Waals surface area contributed by atoms with E-state index in [0.717, 1.165) is 16.5 Å². The van der Waals surface area contributed by atoms with Crippen molar-refractivity contribution in [2.75, 3.05) is 0 Å². The number of fused-ring (bicyclic) bond motifs is 1. The second-order valence-electron chi connectivity index (χ2n) is 4.44. The van der Waals surface area contributed by atoms with Crippen molar-refractivity contribution >= 4 is 16.7 Å². The lowest BCUT2D eigenvalue weighted by molar-refractivity contribution is 0.0728. The van der Waals surface area contributed by atoms with Crippen molar-refractivity contribution in [3.8, 4) is 5.75 Å². The van der Waals surface area contributed by atoms with E-state index in [1.807, 2.05) is 43.3 Å².